The normalized spacial score (nSPS) is 10.8. The Morgan fingerprint density at radius 1 is 1.00 bits per heavy atom. The molecule has 0 spiro atoms. The number of halogens is 1. The highest BCUT2D eigenvalue weighted by atomic mass is 19.1. The third kappa shape index (κ3) is 2.71. The Bertz CT molecular complexity index is 718. The summed E-state index contributed by atoms with van der Waals surface area (Å²) in [7, 11) is 0. The lowest BCUT2D eigenvalue weighted by atomic mass is 10.0. The smallest absolute Gasteiger partial charge is 0.123 e. The first-order chi connectivity index (χ1) is 10.3. The minimum Gasteiger partial charge on any atom is -0.330 e. The topological polar surface area (TPSA) is 43.8 Å². The highest BCUT2D eigenvalue weighted by Gasteiger charge is 2.13. The van der Waals surface area contributed by atoms with E-state index in [4.69, 9.17) is 5.73 Å². The molecule has 0 aliphatic rings. The van der Waals surface area contributed by atoms with Gasteiger partial charge in [0.1, 0.15) is 5.82 Å². The molecular weight excluding hydrogens is 265 g/mol. The number of benzene rings is 2. The van der Waals surface area contributed by atoms with Gasteiger partial charge in [0.25, 0.3) is 0 Å². The molecule has 3 aromatic rings. The monoisotopic (exact) mass is 281 g/mol. The van der Waals surface area contributed by atoms with Gasteiger partial charge in [-0.1, -0.05) is 30.3 Å². The molecular formula is C17H16FN3. The van der Waals surface area contributed by atoms with E-state index in [-0.39, 0.29) is 5.82 Å². The second kappa shape index (κ2) is 5.89. The predicted molar refractivity (Wildman–Crippen MR) is 81.7 cm³/mol. The van der Waals surface area contributed by atoms with Gasteiger partial charge in [0, 0.05) is 12.0 Å². The summed E-state index contributed by atoms with van der Waals surface area (Å²) >= 11 is 0. The molecule has 2 N–H and O–H groups in total. The maximum absolute atomic E-state index is 13.1. The highest BCUT2D eigenvalue weighted by molar-refractivity contribution is 5.66. The van der Waals surface area contributed by atoms with Crippen LogP contribution in [0.4, 0.5) is 4.39 Å². The van der Waals surface area contributed by atoms with Crippen molar-refractivity contribution in [3.05, 3.63) is 72.3 Å². The quantitative estimate of drug-likeness (QED) is 0.798. The lowest BCUT2D eigenvalue weighted by molar-refractivity contribution is 0.628. The Morgan fingerprint density at radius 2 is 1.71 bits per heavy atom. The van der Waals surface area contributed by atoms with Gasteiger partial charge >= 0.3 is 0 Å². The fourth-order valence-corrected chi connectivity index (χ4v) is 2.41. The molecule has 2 aromatic carbocycles. The van der Waals surface area contributed by atoms with Crippen molar-refractivity contribution >= 4 is 0 Å². The summed E-state index contributed by atoms with van der Waals surface area (Å²) in [4.78, 5) is 0. The molecule has 0 radical (unpaired) electrons. The third-order valence-corrected chi connectivity index (χ3v) is 3.41. The molecule has 1 aromatic heterocycles. The predicted octanol–water partition coefficient (Wildman–Crippen LogP) is 3.18. The molecule has 0 saturated carbocycles. The van der Waals surface area contributed by atoms with E-state index in [0.717, 1.165) is 22.5 Å². The zero-order chi connectivity index (χ0) is 14.7. The molecule has 0 fully saturated rings. The molecule has 0 aliphatic carbocycles. The van der Waals surface area contributed by atoms with Gasteiger partial charge in [0.15, 0.2) is 0 Å². The van der Waals surface area contributed by atoms with Crippen molar-refractivity contribution in [1.29, 1.82) is 0 Å². The maximum Gasteiger partial charge on any atom is 0.123 e. The van der Waals surface area contributed by atoms with Crippen LogP contribution < -0.4 is 5.73 Å². The van der Waals surface area contributed by atoms with Crippen LogP contribution in [-0.4, -0.2) is 16.3 Å². The van der Waals surface area contributed by atoms with E-state index in [1.54, 1.807) is 12.1 Å². The summed E-state index contributed by atoms with van der Waals surface area (Å²) in [5, 5.41) is 4.47. The molecule has 0 aliphatic heterocycles. The van der Waals surface area contributed by atoms with Gasteiger partial charge in [0.05, 0.1) is 17.6 Å². The van der Waals surface area contributed by atoms with Crippen LogP contribution in [0.25, 0.3) is 16.8 Å². The van der Waals surface area contributed by atoms with Crippen LogP contribution in [0.1, 0.15) is 5.69 Å². The van der Waals surface area contributed by atoms with Crippen molar-refractivity contribution in [3.63, 3.8) is 0 Å². The average Bonchev–Trinajstić information content (AvgIpc) is 2.93. The van der Waals surface area contributed by atoms with Crippen LogP contribution >= 0.6 is 0 Å². The Labute approximate surface area is 122 Å². The number of hydrogen-bond donors (Lipinski definition) is 1. The molecule has 4 heteroatoms. The Balaban J connectivity index is 2.10. The van der Waals surface area contributed by atoms with E-state index in [0.29, 0.717) is 13.0 Å². The van der Waals surface area contributed by atoms with Crippen LogP contribution in [-0.2, 0) is 6.42 Å². The van der Waals surface area contributed by atoms with Crippen molar-refractivity contribution in [2.24, 2.45) is 5.73 Å². The molecule has 106 valence electrons. The minimum atomic E-state index is -0.241. The molecule has 0 bridgehead atoms. The molecule has 3 nitrogen and oxygen atoms in total. The molecule has 3 rings (SSSR count). The van der Waals surface area contributed by atoms with Crippen molar-refractivity contribution in [3.8, 4) is 16.8 Å². The van der Waals surface area contributed by atoms with Crippen LogP contribution in [0, 0.1) is 5.82 Å². The van der Waals surface area contributed by atoms with Gasteiger partial charge in [-0.2, -0.15) is 5.10 Å². The van der Waals surface area contributed by atoms with Gasteiger partial charge in [-0.25, -0.2) is 9.07 Å². The van der Waals surface area contributed by atoms with Crippen LogP contribution in [0.2, 0.25) is 0 Å². The van der Waals surface area contributed by atoms with E-state index in [1.807, 2.05) is 41.2 Å². The Morgan fingerprint density at radius 3 is 2.38 bits per heavy atom. The number of para-hydroxylation sites is 1. The maximum atomic E-state index is 13.1. The molecule has 21 heavy (non-hydrogen) atoms. The van der Waals surface area contributed by atoms with Gasteiger partial charge in [0.2, 0.25) is 0 Å². The van der Waals surface area contributed by atoms with Crippen LogP contribution in [0.5, 0.6) is 0 Å². The molecule has 0 unspecified atom stereocenters. The van der Waals surface area contributed by atoms with Crippen molar-refractivity contribution in [2.75, 3.05) is 6.54 Å². The number of rotatable bonds is 4. The van der Waals surface area contributed by atoms with Gasteiger partial charge in [-0.3, -0.25) is 0 Å². The van der Waals surface area contributed by atoms with Crippen LogP contribution in [0.15, 0.2) is 60.8 Å². The third-order valence-electron chi connectivity index (χ3n) is 3.41. The number of nitrogens with two attached hydrogens (primary N) is 1. The SMILES string of the molecule is NCCc1c(-c2ccc(F)cc2)cnn1-c1ccccc1. The molecule has 1 heterocycles. The van der Waals surface area contributed by atoms with E-state index in [1.165, 1.54) is 12.1 Å². The van der Waals surface area contributed by atoms with E-state index in [2.05, 4.69) is 5.10 Å². The summed E-state index contributed by atoms with van der Waals surface area (Å²) in [6.07, 6.45) is 2.52. The van der Waals surface area contributed by atoms with Crippen molar-refractivity contribution in [1.82, 2.24) is 9.78 Å². The summed E-state index contributed by atoms with van der Waals surface area (Å²) in [5.41, 5.74) is 9.71. The standard InChI is InChI=1S/C17H16FN3/c18-14-8-6-13(7-9-14)16-12-20-21(17(16)10-11-19)15-4-2-1-3-5-15/h1-9,12H,10-11,19H2. The second-order valence-electron chi connectivity index (χ2n) is 4.80. The Kier molecular flexibility index (Phi) is 3.79. The first-order valence-electron chi connectivity index (χ1n) is 6.88. The zero-order valence-corrected chi connectivity index (χ0v) is 11.5. The molecule has 0 amide bonds. The van der Waals surface area contributed by atoms with Gasteiger partial charge in [-0.15, -0.1) is 0 Å². The number of hydrogen-bond acceptors (Lipinski definition) is 2. The zero-order valence-electron chi connectivity index (χ0n) is 11.5. The minimum absolute atomic E-state index is 0.241. The van der Waals surface area contributed by atoms with Crippen LogP contribution in [0.3, 0.4) is 0 Å². The largest absolute Gasteiger partial charge is 0.330 e. The first kappa shape index (κ1) is 13.5. The lowest BCUT2D eigenvalue weighted by Crippen LogP contribution is -2.09. The van der Waals surface area contributed by atoms with Gasteiger partial charge < -0.3 is 5.73 Å². The van der Waals surface area contributed by atoms with Gasteiger partial charge in [-0.05, 0) is 36.4 Å². The number of nitrogens with zero attached hydrogens (tertiary/aromatic N) is 2. The lowest BCUT2D eigenvalue weighted by Gasteiger charge is -2.09. The Hall–Kier alpha value is -2.46. The average molecular weight is 281 g/mol. The first-order valence-corrected chi connectivity index (χ1v) is 6.88. The summed E-state index contributed by atoms with van der Waals surface area (Å²) in [6.45, 7) is 0.534. The van der Waals surface area contributed by atoms with E-state index in [9.17, 15) is 4.39 Å². The summed E-state index contributed by atoms with van der Waals surface area (Å²) in [5.74, 6) is -0.241. The molecule has 0 saturated heterocycles. The fraction of sp³-hybridized carbons (Fsp3) is 0.118. The van der Waals surface area contributed by atoms with E-state index >= 15 is 0 Å². The van der Waals surface area contributed by atoms with Crippen molar-refractivity contribution < 1.29 is 4.39 Å². The summed E-state index contributed by atoms with van der Waals surface area (Å²) in [6, 6.07) is 16.4. The second-order valence-corrected chi connectivity index (χ2v) is 4.80. The van der Waals surface area contributed by atoms with E-state index < -0.39 is 0 Å². The number of aromatic nitrogens is 2. The summed E-state index contributed by atoms with van der Waals surface area (Å²) < 4.78 is 15.0. The molecule has 0 atom stereocenters. The van der Waals surface area contributed by atoms with Crippen molar-refractivity contribution in [2.45, 2.75) is 6.42 Å². The fourth-order valence-electron chi connectivity index (χ4n) is 2.41. The highest BCUT2D eigenvalue weighted by Crippen LogP contribution is 2.26.